The molecule has 0 spiro atoms. The van der Waals surface area contributed by atoms with Crippen LogP contribution in [0.1, 0.15) is 42.5 Å². The SMILES string of the molecule is CC(C)c1cnc(CN2CCCC2CO)s1. The Balaban J connectivity index is 1.97. The number of hydrogen-bond acceptors (Lipinski definition) is 4. The van der Waals surface area contributed by atoms with E-state index in [2.05, 4.69) is 23.7 Å². The minimum absolute atomic E-state index is 0.280. The zero-order valence-corrected chi connectivity index (χ0v) is 10.8. The van der Waals surface area contributed by atoms with Gasteiger partial charge in [0.1, 0.15) is 5.01 Å². The number of aliphatic hydroxyl groups excluding tert-OH is 1. The monoisotopic (exact) mass is 240 g/mol. The van der Waals surface area contributed by atoms with Gasteiger partial charge in [-0.15, -0.1) is 11.3 Å². The van der Waals surface area contributed by atoms with Crippen LogP contribution in [-0.2, 0) is 6.54 Å². The van der Waals surface area contributed by atoms with Crippen molar-refractivity contribution < 1.29 is 5.11 Å². The van der Waals surface area contributed by atoms with E-state index in [1.807, 2.05) is 6.20 Å². The lowest BCUT2D eigenvalue weighted by Gasteiger charge is -2.20. The van der Waals surface area contributed by atoms with Crippen LogP contribution >= 0.6 is 11.3 Å². The maximum absolute atomic E-state index is 9.25. The molecular weight excluding hydrogens is 220 g/mol. The fourth-order valence-electron chi connectivity index (χ4n) is 2.15. The lowest BCUT2D eigenvalue weighted by molar-refractivity contribution is 0.153. The van der Waals surface area contributed by atoms with E-state index in [1.165, 1.54) is 16.3 Å². The molecule has 1 saturated heterocycles. The normalized spacial score (nSPS) is 22.1. The molecule has 0 radical (unpaired) electrons. The molecule has 1 aliphatic rings. The summed E-state index contributed by atoms with van der Waals surface area (Å²) in [6.07, 6.45) is 4.32. The molecule has 1 atom stereocenters. The van der Waals surface area contributed by atoms with Gasteiger partial charge in [0, 0.05) is 17.1 Å². The summed E-state index contributed by atoms with van der Waals surface area (Å²) in [5.74, 6) is 0.568. The molecule has 1 fully saturated rings. The number of likely N-dealkylation sites (tertiary alicyclic amines) is 1. The van der Waals surface area contributed by atoms with Crippen LogP contribution in [-0.4, -0.2) is 34.2 Å². The summed E-state index contributed by atoms with van der Waals surface area (Å²) in [6, 6.07) is 0.353. The molecule has 1 unspecified atom stereocenters. The van der Waals surface area contributed by atoms with Crippen LogP contribution < -0.4 is 0 Å². The first-order valence-corrected chi connectivity index (χ1v) is 6.82. The Morgan fingerprint density at radius 2 is 2.44 bits per heavy atom. The minimum atomic E-state index is 0.280. The lowest BCUT2D eigenvalue weighted by Crippen LogP contribution is -2.31. The molecule has 0 amide bonds. The van der Waals surface area contributed by atoms with Crippen LogP contribution in [0.15, 0.2) is 6.20 Å². The second-order valence-corrected chi connectivity index (χ2v) is 5.91. The summed E-state index contributed by atoms with van der Waals surface area (Å²) in [4.78, 5) is 8.17. The van der Waals surface area contributed by atoms with Gasteiger partial charge in [0.25, 0.3) is 0 Å². The van der Waals surface area contributed by atoms with Gasteiger partial charge in [-0.3, -0.25) is 4.90 Å². The lowest BCUT2D eigenvalue weighted by atomic mass is 10.2. The highest BCUT2D eigenvalue weighted by Gasteiger charge is 2.24. The molecular formula is C12H20N2OS. The van der Waals surface area contributed by atoms with E-state index in [-0.39, 0.29) is 6.61 Å². The van der Waals surface area contributed by atoms with E-state index in [9.17, 15) is 5.11 Å². The standard InChI is InChI=1S/C12H20N2OS/c1-9(2)11-6-13-12(16-11)7-14-5-3-4-10(14)8-15/h6,9-10,15H,3-5,7-8H2,1-2H3. The van der Waals surface area contributed by atoms with Crippen molar-refractivity contribution in [2.45, 2.75) is 45.2 Å². The van der Waals surface area contributed by atoms with Crippen molar-refractivity contribution in [1.29, 1.82) is 0 Å². The average Bonchev–Trinajstić information content (AvgIpc) is 2.87. The summed E-state index contributed by atoms with van der Waals surface area (Å²) in [5.41, 5.74) is 0. The van der Waals surface area contributed by atoms with Crippen LogP contribution in [0.5, 0.6) is 0 Å². The van der Waals surface area contributed by atoms with Gasteiger partial charge in [0.15, 0.2) is 0 Å². The number of aliphatic hydroxyl groups is 1. The molecule has 0 saturated carbocycles. The van der Waals surface area contributed by atoms with Crippen molar-refractivity contribution in [3.63, 3.8) is 0 Å². The molecule has 2 heterocycles. The summed E-state index contributed by atoms with van der Waals surface area (Å²) in [5, 5.41) is 10.4. The van der Waals surface area contributed by atoms with Crippen LogP contribution in [0.2, 0.25) is 0 Å². The fraction of sp³-hybridized carbons (Fsp3) is 0.750. The molecule has 1 aromatic rings. The van der Waals surface area contributed by atoms with Gasteiger partial charge in [-0.05, 0) is 25.3 Å². The first-order chi connectivity index (χ1) is 7.70. The van der Waals surface area contributed by atoms with E-state index in [0.717, 1.165) is 19.5 Å². The molecule has 1 aliphatic heterocycles. The van der Waals surface area contributed by atoms with Crippen molar-refractivity contribution in [3.8, 4) is 0 Å². The van der Waals surface area contributed by atoms with Crippen LogP contribution in [0.4, 0.5) is 0 Å². The maximum Gasteiger partial charge on any atom is 0.107 e. The topological polar surface area (TPSA) is 36.4 Å². The molecule has 0 bridgehead atoms. The fourth-order valence-corrected chi connectivity index (χ4v) is 3.10. The highest BCUT2D eigenvalue weighted by Crippen LogP contribution is 2.25. The molecule has 16 heavy (non-hydrogen) atoms. The minimum Gasteiger partial charge on any atom is -0.395 e. The Kier molecular flexibility index (Phi) is 3.95. The zero-order chi connectivity index (χ0) is 11.5. The second kappa shape index (κ2) is 5.25. The summed E-state index contributed by atoms with van der Waals surface area (Å²) in [7, 11) is 0. The Morgan fingerprint density at radius 1 is 1.62 bits per heavy atom. The molecule has 1 aromatic heterocycles. The Bertz CT molecular complexity index is 338. The number of rotatable bonds is 4. The average molecular weight is 240 g/mol. The van der Waals surface area contributed by atoms with Gasteiger partial charge in [-0.2, -0.15) is 0 Å². The summed E-state index contributed by atoms with van der Waals surface area (Å²) >= 11 is 1.81. The third-order valence-corrected chi connectivity index (χ3v) is 4.47. The second-order valence-electron chi connectivity index (χ2n) is 4.76. The van der Waals surface area contributed by atoms with Gasteiger partial charge in [0.2, 0.25) is 0 Å². The van der Waals surface area contributed by atoms with Gasteiger partial charge >= 0.3 is 0 Å². The molecule has 4 heteroatoms. The Labute approximate surface area is 101 Å². The third kappa shape index (κ3) is 2.62. The maximum atomic E-state index is 9.25. The van der Waals surface area contributed by atoms with Crippen molar-refractivity contribution in [2.75, 3.05) is 13.2 Å². The molecule has 90 valence electrons. The number of aromatic nitrogens is 1. The Morgan fingerprint density at radius 3 is 3.06 bits per heavy atom. The quantitative estimate of drug-likeness (QED) is 0.876. The molecule has 1 N–H and O–H groups in total. The summed E-state index contributed by atoms with van der Waals surface area (Å²) < 4.78 is 0. The predicted molar refractivity (Wildman–Crippen MR) is 66.7 cm³/mol. The largest absolute Gasteiger partial charge is 0.395 e. The zero-order valence-electron chi connectivity index (χ0n) is 10.0. The van der Waals surface area contributed by atoms with E-state index < -0.39 is 0 Å². The van der Waals surface area contributed by atoms with E-state index >= 15 is 0 Å². The highest BCUT2D eigenvalue weighted by atomic mass is 32.1. The first kappa shape index (κ1) is 12.0. The first-order valence-electron chi connectivity index (χ1n) is 6.00. The van der Waals surface area contributed by atoms with Crippen molar-refractivity contribution >= 4 is 11.3 Å². The number of thiazole rings is 1. The van der Waals surface area contributed by atoms with E-state index in [1.54, 1.807) is 11.3 Å². The molecule has 2 rings (SSSR count). The van der Waals surface area contributed by atoms with Gasteiger partial charge in [-0.1, -0.05) is 13.8 Å². The van der Waals surface area contributed by atoms with Gasteiger partial charge < -0.3 is 5.11 Å². The van der Waals surface area contributed by atoms with Crippen molar-refractivity contribution in [3.05, 3.63) is 16.1 Å². The highest BCUT2D eigenvalue weighted by molar-refractivity contribution is 7.11. The van der Waals surface area contributed by atoms with E-state index in [4.69, 9.17) is 0 Å². The number of nitrogens with zero attached hydrogens (tertiary/aromatic N) is 2. The smallest absolute Gasteiger partial charge is 0.107 e. The van der Waals surface area contributed by atoms with Crippen molar-refractivity contribution in [1.82, 2.24) is 9.88 Å². The van der Waals surface area contributed by atoms with Crippen molar-refractivity contribution in [2.24, 2.45) is 0 Å². The molecule has 3 nitrogen and oxygen atoms in total. The van der Waals surface area contributed by atoms with Crippen LogP contribution in [0.3, 0.4) is 0 Å². The van der Waals surface area contributed by atoms with Crippen LogP contribution in [0, 0.1) is 0 Å². The number of hydrogen-bond donors (Lipinski definition) is 1. The predicted octanol–water partition coefficient (Wildman–Crippen LogP) is 2.22. The summed E-state index contributed by atoms with van der Waals surface area (Å²) in [6.45, 7) is 6.68. The van der Waals surface area contributed by atoms with Gasteiger partial charge in [-0.25, -0.2) is 4.98 Å². The molecule has 0 aliphatic carbocycles. The molecule has 0 aromatic carbocycles. The Hall–Kier alpha value is -0.450. The van der Waals surface area contributed by atoms with Gasteiger partial charge in [0.05, 0.1) is 13.2 Å². The van der Waals surface area contributed by atoms with E-state index in [0.29, 0.717) is 12.0 Å². The van der Waals surface area contributed by atoms with Crippen LogP contribution in [0.25, 0.3) is 0 Å². The third-order valence-electron chi connectivity index (χ3n) is 3.19.